The molecule has 0 saturated heterocycles. The topological polar surface area (TPSA) is 67.2 Å². The van der Waals surface area contributed by atoms with Gasteiger partial charge in [-0.25, -0.2) is 0 Å². The molecule has 0 aliphatic heterocycles. The van der Waals surface area contributed by atoms with E-state index in [4.69, 9.17) is 4.74 Å². The summed E-state index contributed by atoms with van der Waals surface area (Å²) in [5.74, 6) is -0.267. The van der Waals surface area contributed by atoms with Crippen molar-refractivity contribution in [2.75, 3.05) is 6.61 Å². The average molecular weight is 289 g/mol. The van der Waals surface area contributed by atoms with Crippen LogP contribution in [0.3, 0.4) is 0 Å². The van der Waals surface area contributed by atoms with Crippen molar-refractivity contribution in [3.8, 4) is 6.07 Å². The van der Waals surface area contributed by atoms with Crippen molar-refractivity contribution in [3.63, 3.8) is 0 Å². The number of nitrogens with zero attached hydrogens (tertiary/aromatic N) is 1. The lowest BCUT2D eigenvalue weighted by atomic mass is 9.35. The van der Waals surface area contributed by atoms with E-state index in [9.17, 15) is 14.9 Å². The van der Waals surface area contributed by atoms with Gasteiger partial charge >= 0.3 is 5.97 Å². The van der Waals surface area contributed by atoms with E-state index >= 15 is 0 Å². The van der Waals surface area contributed by atoms with E-state index in [1.807, 2.05) is 0 Å². The number of rotatable bonds is 2. The maximum atomic E-state index is 12.9. The Hall–Kier alpha value is -1.37. The highest BCUT2D eigenvalue weighted by molar-refractivity contribution is 5.94. The lowest BCUT2D eigenvalue weighted by molar-refractivity contribution is -0.198. The smallest absolute Gasteiger partial charge is 0.309 e. The minimum atomic E-state index is -0.932. The molecule has 4 saturated carbocycles. The standard InChI is InChI=1S/C17H23NO3/c1-4-21-15(20)10-6-5-7-17(9-18)13(10)11-8-12(14(17)19)16(11,2)3/h10-13H,4-8H2,1-3H3/t10-,11+,12-,13-,17+/m0/s1. The van der Waals surface area contributed by atoms with Crippen LogP contribution in [0.25, 0.3) is 0 Å². The van der Waals surface area contributed by atoms with Crippen molar-refractivity contribution in [3.05, 3.63) is 0 Å². The average Bonchev–Trinajstić information content (AvgIpc) is 2.46. The summed E-state index contributed by atoms with van der Waals surface area (Å²) in [7, 11) is 0. The van der Waals surface area contributed by atoms with Crippen LogP contribution in [0.1, 0.15) is 46.5 Å². The van der Waals surface area contributed by atoms with Crippen LogP contribution in [0.4, 0.5) is 0 Å². The third kappa shape index (κ3) is 1.66. The summed E-state index contributed by atoms with van der Waals surface area (Å²) in [6, 6.07) is 2.34. The molecule has 21 heavy (non-hydrogen) atoms. The van der Waals surface area contributed by atoms with E-state index in [0.29, 0.717) is 13.0 Å². The molecule has 0 amide bonds. The molecule has 4 nitrogen and oxygen atoms in total. The fraction of sp³-hybridized carbons (Fsp3) is 0.824. The quantitative estimate of drug-likeness (QED) is 0.733. The number of esters is 1. The van der Waals surface area contributed by atoms with Crippen LogP contribution in [-0.2, 0) is 14.3 Å². The monoisotopic (exact) mass is 289 g/mol. The van der Waals surface area contributed by atoms with E-state index in [2.05, 4.69) is 19.9 Å². The molecule has 2 bridgehead atoms. The fourth-order valence-electron chi connectivity index (χ4n) is 5.23. The van der Waals surface area contributed by atoms with Gasteiger partial charge in [0.1, 0.15) is 5.41 Å². The summed E-state index contributed by atoms with van der Waals surface area (Å²) >= 11 is 0. The highest BCUT2D eigenvalue weighted by atomic mass is 16.5. The Balaban J connectivity index is 2.03. The first-order chi connectivity index (χ1) is 9.90. The molecule has 0 aromatic carbocycles. The Kier molecular flexibility index (Phi) is 3.16. The molecule has 0 radical (unpaired) electrons. The van der Waals surface area contributed by atoms with E-state index in [-0.39, 0.29) is 40.8 Å². The Labute approximate surface area is 125 Å². The molecule has 0 spiro atoms. The second-order valence-corrected chi connectivity index (χ2v) is 7.44. The zero-order chi connectivity index (χ0) is 15.4. The van der Waals surface area contributed by atoms with E-state index in [0.717, 1.165) is 19.3 Å². The molecule has 0 unspecified atom stereocenters. The molecular weight excluding hydrogens is 266 g/mol. The Morgan fingerprint density at radius 2 is 2.19 bits per heavy atom. The third-order valence-corrected chi connectivity index (χ3v) is 6.41. The van der Waals surface area contributed by atoms with Crippen LogP contribution in [-0.4, -0.2) is 18.4 Å². The van der Waals surface area contributed by atoms with Crippen molar-refractivity contribution in [2.45, 2.75) is 46.5 Å². The summed E-state index contributed by atoms with van der Waals surface area (Å²) in [6.45, 7) is 6.38. The largest absolute Gasteiger partial charge is 0.466 e. The van der Waals surface area contributed by atoms with Gasteiger partial charge in [0.15, 0.2) is 5.78 Å². The minimum Gasteiger partial charge on any atom is -0.466 e. The van der Waals surface area contributed by atoms with Crippen LogP contribution >= 0.6 is 0 Å². The number of ketones is 1. The lowest BCUT2D eigenvalue weighted by Gasteiger charge is -2.65. The van der Waals surface area contributed by atoms with E-state index in [1.54, 1.807) is 6.92 Å². The number of Topliss-reactive ketones (excluding diaryl/α,β-unsaturated/α-hetero) is 1. The summed E-state index contributed by atoms with van der Waals surface area (Å²) < 4.78 is 5.23. The summed E-state index contributed by atoms with van der Waals surface area (Å²) in [5.41, 5.74) is -1.01. The minimum absolute atomic E-state index is 0.000606. The van der Waals surface area contributed by atoms with Crippen LogP contribution in [0.15, 0.2) is 0 Å². The van der Waals surface area contributed by atoms with Crippen molar-refractivity contribution in [2.24, 2.45) is 34.5 Å². The third-order valence-electron chi connectivity index (χ3n) is 6.41. The van der Waals surface area contributed by atoms with Crippen LogP contribution in [0.5, 0.6) is 0 Å². The van der Waals surface area contributed by atoms with Crippen LogP contribution in [0, 0.1) is 45.8 Å². The van der Waals surface area contributed by atoms with Crippen molar-refractivity contribution >= 4 is 11.8 Å². The number of hydrogen-bond acceptors (Lipinski definition) is 4. The predicted octanol–water partition coefficient (Wildman–Crippen LogP) is 2.72. The van der Waals surface area contributed by atoms with Gasteiger partial charge in [-0.2, -0.15) is 5.26 Å². The van der Waals surface area contributed by atoms with Gasteiger partial charge in [0, 0.05) is 11.8 Å². The molecule has 0 aromatic rings. The first-order valence-electron chi connectivity index (χ1n) is 8.02. The number of carbonyl (C=O) groups is 2. The Morgan fingerprint density at radius 3 is 2.76 bits per heavy atom. The van der Waals surface area contributed by atoms with Gasteiger partial charge in [0.25, 0.3) is 0 Å². The lowest BCUT2D eigenvalue weighted by Crippen LogP contribution is -2.68. The first kappa shape index (κ1) is 14.6. The Bertz CT molecular complexity index is 533. The summed E-state index contributed by atoms with van der Waals surface area (Å²) in [6.07, 6.45) is 2.97. The second kappa shape index (κ2) is 4.56. The molecule has 4 aliphatic rings. The van der Waals surface area contributed by atoms with Gasteiger partial charge < -0.3 is 4.74 Å². The molecule has 4 heteroatoms. The molecule has 114 valence electrons. The second-order valence-electron chi connectivity index (χ2n) is 7.44. The van der Waals surface area contributed by atoms with Gasteiger partial charge in [0.2, 0.25) is 0 Å². The maximum Gasteiger partial charge on any atom is 0.309 e. The van der Waals surface area contributed by atoms with Gasteiger partial charge in [-0.3, -0.25) is 9.59 Å². The van der Waals surface area contributed by atoms with Gasteiger partial charge in [-0.1, -0.05) is 20.3 Å². The van der Waals surface area contributed by atoms with Gasteiger partial charge in [-0.05, 0) is 37.5 Å². The van der Waals surface area contributed by atoms with Crippen molar-refractivity contribution < 1.29 is 14.3 Å². The summed E-state index contributed by atoms with van der Waals surface area (Å²) in [5, 5.41) is 9.76. The molecule has 0 N–H and O–H groups in total. The van der Waals surface area contributed by atoms with Gasteiger partial charge in [0.05, 0.1) is 18.6 Å². The Morgan fingerprint density at radius 1 is 1.48 bits per heavy atom. The molecule has 4 aliphatic carbocycles. The highest BCUT2D eigenvalue weighted by Gasteiger charge is 2.71. The number of nitriles is 1. The van der Waals surface area contributed by atoms with Crippen LogP contribution in [0.2, 0.25) is 0 Å². The molecule has 4 fully saturated rings. The predicted molar refractivity (Wildman–Crippen MR) is 75.9 cm³/mol. The number of hydrogen-bond donors (Lipinski definition) is 0. The van der Waals surface area contributed by atoms with Crippen LogP contribution < -0.4 is 0 Å². The van der Waals surface area contributed by atoms with Crippen molar-refractivity contribution in [1.29, 1.82) is 5.26 Å². The SMILES string of the molecule is CCOC(=O)[C@H]1CCC[C@]2(C#N)C(=O)[C@@H]3C[C@H]([C@H]12)C3(C)C. The highest BCUT2D eigenvalue weighted by Crippen LogP contribution is 2.69. The molecule has 0 heterocycles. The molecule has 5 atom stereocenters. The zero-order valence-corrected chi connectivity index (χ0v) is 13.0. The first-order valence-corrected chi connectivity index (χ1v) is 8.02. The summed E-state index contributed by atoms with van der Waals surface area (Å²) in [4.78, 5) is 25.3. The number of carbonyl (C=O) groups excluding carboxylic acids is 2. The fourth-order valence-corrected chi connectivity index (χ4v) is 5.23. The zero-order valence-electron chi connectivity index (χ0n) is 13.0. The maximum absolute atomic E-state index is 12.9. The van der Waals surface area contributed by atoms with E-state index < -0.39 is 5.41 Å². The van der Waals surface area contributed by atoms with Gasteiger partial charge in [-0.15, -0.1) is 0 Å². The molecular formula is C17H23NO3. The number of ether oxygens (including phenoxy) is 1. The van der Waals surface area contributed by atoms with Crippen molar-refractivity contribution in [1.82, 2.24) is 0 Å². The van der Waals surface area contributed by atoms with E-state index in [1.165, 1.54) is 0 Å². The normalized spacial score (nSPS) is 43.2. The molecule has 4 rings (SSSR count). The molecule has 0 aromatic heterocycles.